The van der Waals surface area contributed by atoms with Crippen LogP contribution in [-0.2, 0) is 24.5 Å². The Balaban J connectivity index is 1.52. The minimum atomic E-state index is -0.205. The number of aromatic nitrogens is 4. The molecule has 2 heterocycles. The predicted octanol–water partition coefficient (Wildman–Crippen LogP) is 3.28. The Hall–Kier alpha value is -2.80. The van der Waals surface area contributed by atoms with E-state index >= 15 is 0 Å². The van der Waals surface area contributed by atoms with Gasteiger partial charge in [-0.2, -0.15) is 10.2 Å². The van der Waals surface area contributed by atoms with Crippen LogP contribution in [0.25, 0.3) is 0 Å². The van der Waals surface area contributed by atoms with Crippen molar-refractivity contribution in [3.05, 3.63) is 59.1 Å². The molecule has 136 valence electrons. The summed E-state index contributed by atoms with van der Waals surface area (Å²) in [5.41, 5.74) is 2.60. The summed E-state index contributed by atoms with van der Waals surface area (Å²) in [5.74, 6) is 0.567. The van der Waals surface area contributed by atoms with E-state index < -0.39 is 0 Å². The van der Waals surface area contributed by atoms with Gasteiger partial charge < -0.3 is 10.1 Å². The lowest BCUT2D eigenvalue weighted by Gasteiger charge is -2.07. The summed E-state index contributed by atoms with van der Waals surface area (Å²) in [7, 11) is 0. The minimum Gasteiger partial charge on any atom is -0.471 e. The number of benzene rings is 1. The van der Waals surface area contributed by atoms with E-state index in [2.05, 4.69) is 22.4 Å². The van der Waals surface area contributed by atoms with Crippen molar-refractivity contribution >= 4 is 23.2 Å². The first-order valence-electron chi connectivity index (χ1n) is 8.27. The standard InChI is InChI=1S/C18H20ClN5O2/c1-3-14-4-6-16(7-5-14)26-12-23-10-15(8-20-23)22-18(25)11-24-13(2)17(19)9-21-24/h4-10H,3,11-12H2,1-2H3,(H,22,25). The zero-order valence-corrected chi connectivity index (χ0v) is 15.4. The monoisotopic (exact) mass is 373 g/mol. The predicted molar refractivity (Wildman–Crippen MR) is 99.3 cm³/mol. The highest BCUT2D eigenvalue weighted by atomic mass is 35.5. The molecular weight excluding hydrogens is 354 g/mol. The van der Waals surface area contributed by atoms with Gasteiger partial charge in [0.2, 0.25) is 5.91 Å². The van der Waals surface area contributed by atoms with Crippen LogP contribution < -0.4 is 10.1 Å². The Morgan fingerprint density at radius 1 is 1.23 bits per heavy atom. The zero-order valence-electron chi connectivity index (χ0n) is 14.6. The fraction of sp³-hybridized carbons (Fsp3) is 0.278. The summed E-state index contributed by atoms with van der Waals surface area (Å²) in [6.45, 7) is 4.27. The molecule has 1 amide bonds. The SMILES string of the molecule is CCc1ccc(OCn2cc(NC(=O)Cn3ncc(Cl)c3C)cn2)cc1. The molecule has 26 heavy (non-hydrogen) atoms. The van der Waals surface area contributed by atoms with E-state index in [4.69, 9.17) is 16.3 Å². The fourth-order valence-electron chi connectivity index (χ4n) is 2.38. The normalized spacial score (nSPS) is 10.7. The molecule has 0 aliphatic heterocycles. The zero-order chi connectivity index (χ0) is 18.5. The number of hydrogen-bond acceptors (Lipinski definition) is 4. The van der Waals surface area contributed by atoms with E-state index in [-0.39, 0.29) is 19.2 Å². The van der Waals surface area contributed by atoms with E-state index in [1.807, 2.05) is 31.2 Å². The maximum Gasteiger partial charge on any atom is 0.246 e. The van der Waals surface area contributed by atoms with Crippen LogP contribution in [0, 0.1) is 6.92 Å². The van der Waals surface area contributed by atoms with Gasteiger partial charge in [0, 0.05) is 0 Å². The Labute approximate surface area is 156 Å². The highest BCUT2D eigenvalue weighted by molar-refractivity contribution is 6.31. The molecule has 0 fully saturated rings. The van der Waals surface area contributed by atoms with Crippen LogP contribution in [0.2, 0.25) is 5.02 Å². The molecule has 0 radical (unpaired) electrons. The summed E-state index contributed by atoms with van der Waals surface area (Å²) in [6, 6.07) is 7.94. The molecule has 0 spiro atoms. The summed E-state index contributed by atoms with van der Waals surface area (Å²) in [4.78, 5) is 12.1. The highest BCUT2D eigenvalue weighted by Crippen LogP contribution is 2.15. The van der Waals surface area contributed by atoms with E-state index in [0.717, 1.165) is 17.9 Å². The number of carbonyl (C=O) groups excluding carboxylic acids is 1. The first-order valence-corrected chi connectivity index (χ1v) is 8.65. The lowest BCUT2D eigenvalue weighted by molar-refractivity contribution is -0.116. The lowest BCUT2D eigenvalue weighted by Crippen LogP contribution is -2.20. The van der Waals surface area contributed by atoms with E-state index in [0.29, 0.717) is 10.7 Å². The smallest absolute Gasteiger partial charge is 0.246 e. The molecule has 0 aliphatic rings. The van der Waals surface area contributed by atoms with Gasteiger partial charge in [-0.05, 0) is 31.0 Å². The number of ether oxygens (including phenoxy) is 1. The number of amides is 1. The molecule has 0 bridgehead atoms. The van der Waals surface area contributed by atoms with Crippen LogP contribution in [-0.4, -0.2) is 25.5 Å². The Bertz CT molecular complexity index is 885. The van der Waals surface area contributed by atoms with Crippen molar-refractivity contribution in [1.82, 2.24) is 19.6 Å². The first kappa shape index (κ1) is 18.0. The van der Waals surface area contributed by atoms with Crippen molar-refractivity contribution in [3.63, 3.8) is 0 Å². The van der Waals surface area contributed by atoms with Crippen LogP contribution in [0.3, 0.4) is 0 Å². The second-order valence-electron chi connectivity index (χ2n) is 5.82. The molecule has 2 aromatic heterocycles. The first-order chi connectivity index (χ1) is 12.5. The van der Waals surface area contributed by atoms with Crippen molar-refractivity contribution < 1.29 is 9.53 Å². The largest absolute Gasteiger partial charge is 0.471 e. The van der Waals surface area contributed by atoms with Crippen molar-refractivity contribution in [2.24, 2.45) is 0 Å². The van der Waals surface area contributed by atoms with Gasteiger partial charge in [0.15, 0.2) is 6.73 Å². The summed E-state index contributed by atoms with van der Waals surface area (Å²) in [5, 5.41) is 11.6. The second kappa shape index (κ2) is 8.05. The third-order valence-corrected chi connectivity index (χ3v) is 4.32. The molecule has 8 heteroatoms. The fourth-order valence-corrected chi connectivity index (χ4v) is 2.52. The molecule has 1 N–H and O–H groups in total. The van der Waals surface area contributed by atoms with Crippen molar-refractivity contribution in [2.45, 2.75) is 33.5 Å². The van der Waals surface area contributed by atoms with Crippen LogP contribution in [0.4, 0.5) is 5.69 Å². The van der Waals surface area contributed by atoms with Gasteiger partial charge in [0.1, 0.15) is 12.3 Å². The molecule has 3 aromatic rings. The average molecular weight is 374 g/mol. The number of hydrogen-bond donors (Lipinski definition) is 1. The van der Waals surface area contributed by atoms with E-state index in [1.54, 1.807) is 21.8 Å². The van der Waals surface area contributed by atoms with E-state index in [9.17, 15) is 4.79 Å². The van der Waals surface area contributed by atoms with Gasteiger partial charge in [0.25, 0.3) is 0 Å². The summed E-state index contributed by atoms with van der Waals surface area (Å²) in [6.07, 6.45) is 5.80. The number of anilines is 1. The molecule has 0 unspecified atom stereocenters. The molecule has 0 aliphatic carbocycles. The molecular formula is C18H20ClN5O2. The maximum atomic E-state index is 12.1. The van der Waals surface area contributed by atoms with Crippen molar-refractivity contribution in [2.75, 3.05) is 5.32 Å². The van der Waals surface area contributed by atoms with E-state index in [1.165, 1.54) is 11.8 Å². The average Bonchev–Trinajstić information content (AvgIpc) is 3.22. The number of carbonyl (C=O) groups is 1. The molecule has 0 saturated heterocycles. The third-order valence-electron chi connectivity index (χ3n) is 3.95. The molecule has 3 rings (SSSR count). The Kier molecular flexibility index (Phi) is 5.58. The van der Waals surface area contributed by atoms with Gasteiger partial charge in [-0.1, -0.05) is 30.7 Å². The van der Waals surface area contributed by atoms with Gasteiger partial charge in [-0.3, -0.25) is 9.48 Å². The van der Waals surface area contributed by atoms with Gasteiger partial charge in [0.05, 0.1) is 35.0 Å². The molecule has 7 nitrogen and oxygen atoms in total. The second-order valence-corrected chi connectivity index (χ2v) is 6.23. The third kappa shape index (κ3) is 4.43. The van der Waals surface area contributed by atoms with Crippen LogP contribution in [0.5, 0.6) is 5.75 Å². The highest BCUT2D eigenvalue weighted by Gasteiger charge is 2.10. The number of rotatable bonds is 7. The summed E-state index contributed by atoms with van der Waals surface area (Å²) < 4.78 is 8.84. The number of nitrogens with one attached hydrogen (secondary N) is 1. The van der Waals surface area contributed by atoms with Crippen LogP contribution in [0.15, 0.2) is 42.9 Å². The molecule has 0 saturated carbocycles. The number of nitrogens with zero attached hydrogens (tertiary/aromatic N) is 4. The van der Waals surface area contributed by atoms with Crippen molar-refractivity contribution in [3.8, 4) is 5.75 Å². The van der Waals surface area contributed by atoms with Crippen LogP contribution >= 0.6 is 11.6 Å². The quantitative estimate of drug-likeness (QED) is 0.689. The van der Waals surface area contributed by atoms with Gasteiger partial charge >= 0.3 is 0 Å². The minimum absolute atomic E-state index is 0.0873. The topological polar surface area (TPSA) is 74.0 Å². The molecule has 0 atom stereocenters. The Morgan fingerprint density at radius 2 is 2.00 bits per heavy atom. The molecule has 1 aromatic carbocycles. The number of aryl methyl sites for hydroxylation is 1. The van der Waals surface area contributed by atoms with Gasteiger partial charge in [-0.15, -0.1) is 0 Å². The van der Waals surface area contributed by atoms with Crippen LogP contribution in [0.1, 0.15) is 18.2 Å². The van der Waals surface area contributed by atoms with Gasteiger partial charge in [-0.25, -0.2) is 4.68 Å². The van der Waals surface area contributed by atoms with Crippen molar-refractivity contribution in [1.29, 1.82) is 0 Å². The Morgan fingerprint density at radius 3 is 2.65 bits per heavy atom. The summed E-state index contributed by atoms with van der Waals surface area (Å²) >= 11 is 5.94. The number of halogens is 1. The maximum absolute atomic E-state index is 12.1. The lowest BCUT2D eigenvalue weighted by atomic mass is 10.2.